The van der Waals surface area contributed by atoms with E-state index in [4.69, 9.17) is 9.47 Å². The molecule has 7 heteroatoms. The minimum absolute atomic E-state index is 0.0159. The number of benzene rings is 2. The van der Waals surface area contributed by atoms with Crippen LogP contribution in [0.2, 0.25) is 0 Å². The van der Waals surface area contributed by atoms with Crippen LogP contribution in [0.4, 0.5) is 0 Å². The molecular formula is C18H22N2O5. The average molecular weight is 346 g/mol. The molecular weight excluding hydrogens is 324 g/mol. The molecule has 134 valence electrons. The molecule has 0 saturated heterocycles. The van der Waals surface area contributed by atoms with Crippen molar-refractivity contribution in [2.75, 3.05) is 26.3 Å². The fraction of sp³-hybridized carbons (Fsp3) is 0.333. The van der Waals surface area contributed by atoms with Crippen molar-refractivity contribution in [1.82, 2.24) is 0 Å². The largest absolute Gasteiger partial charge is 0.600 e. The highest BCUT2D eigenvalue weighted by Crippen LogP contribution is 2.09. The Balaban J connectivity index is 1.66. The summed E-state index contributed by atoms with van der Waals surface area (Å²) in [5, 5.41) is 34.8. The summed E-state index contributed by atoms with van der Waals surface area (Å²) < 4.78 is 10.7. The molecule has 2 aromatic rings. The van der Waals surface area contributed by atoms with Crippen molar-refractivity contribution in [2.45, 2.75) is 12.2 Å². The number of ether oxygens (including phenoxy) is 2. The normalized spacial score (nSPS) is 13.9. The van der Waals surface area contributed by atoms with Gasteiger partial charge < -0.3 is 24.9 Å². The molecule has 2 N–H and O–H groups in total. The van der Waals surface area contributed by atoms with Crippen LogP contribution in [0, 0.1) is 5.21 Å². The van der Waals surface area contributed by atoms with E-state index in [0.717, 1.165) is 0 Å². The van der Waals surface area contributed by atoms with Gasteiger partial charge >= 0.3 is 0 Å². The average Bonchev–Trinajstić information content (AvgIpc) is 2.65. The van der Waals surface area contributed by atoms with Gasteiger partial charge in [0.15, 0.2) is 0 Å². The number of nitrogens with zero attached hydrogens (tertiary/aromatic N) is 2. The molecule has 2 atom stereocenters. The molecule has 0 aliphatic heterocycles. The molecule has 0 spiro atoms. The lowest BCUT2D eigenvalue weighted by Gasteiger charge is -2.12. The highest BCUT2D eigenvalue weighted by molar-refractivity contribution is 5.21. The predicted octanol–water partition coefficient (Wildman–Crippen LogP) is 1.83. The van der Waals surface area contributed by atoms with Gasteiger partial charge in [0.05, 0.1) is 0 Å². The molecule has 2 aromatic carbocycles. The van der Waals surface area contributed by atoms with E-state index in [1.807, 2.05) is 36.4 Å². The van der Waals surface area contributed by atoms with E-state index < -0.39 is 12.2 Å². The summed E-state index contributed by atoms with van der Waals surface area (Å²) in [4.78, 5) is 0.352. The molecule has 7 nitrogen and oxygen atoms in total. The molecule has 0 amide bonds. The summed E-state index contributed by atoms with van der Waals surface area (Å²) in [6, 6.07) is 18.1. The Morgan fingerprint density at radius 1 is 0.840 bits per heavy atom. The number of hydrogen-bond donors (Lipinski definition) is 2. The van der Waals surface area contributed by atoms with Crippen molar-refractivity contribution in [1.29, 1.82) is 0 Å². The van der Waals surface area contributed by atoms with Gasteiger partial charge in [-0.25, -0.2) is 0 Å². The first-order valence-electron chi connectivity index (χ1n) is 7.97. The zero-order chi connectivity index (χ0) is 17.9. The van der Waals surface area contributed by atoms with Crippen LogP contribution in [0.25, 0.3) is 0 Å². The second-order valence-electron chi connectivity index (χ2n) is 5.41. The standard InChI is InChI=1S/C18H22N2O5/c21-15(13-24-17-7-3-1-4-8-17)11-19-20(23)12-16(22)14-25-18-9-5-2-6-10-18/h1-10,15-16,21-22H,11-14H2. The van der Waals surface area contributed by atoms with Gasteiger partial charge in [0.25, 0.3) is 0 Å². The van der Waals surface area contributed by atoms with E-state index in [9.17, 15) is 15.4 Å². The van der Waals surface area contributed by atoms with E-state index in [-0.39, 0.29) is 26.3 Å². The minimum Gasteiger partial charge on any atom is -0.600 e. The summed E-state index contributed by atoms with van der Waals surface area (Å²) in [5.41, 5.74) is 0. The monoisotopic (exact) mass is 346 g/mol. The SMILES string of the molecule is [O-][N+](CC(O)COc1ccccc1)=NCC(O)COc1ccccc1. The zero-order valence-electron chi connectivity index (χ0n) is 13.8. The maximum Gasteiger partial charge on any atom is 0.209 e. The molecule has 0 aromatic heterocycles. The first kappa shape index (κ1) is 18.7. The molecule has 2 unspecified atom stereocenters. The van der Waals surface area contributed by atoms with E-state index in [2.05, 4.69) is 5.11 Å². The fourth-order valence-corrected chi connectivity index (χ4v) is 1.95. The van der Waals surface area contributed by atoms with Crippen LogP contribution in [0.3, 0.4) is 0 Å². The Bertz CT molecular complexity index is 636. The summed E-state index contributed by atoms with van der Waals surface area (Å²) in [7, 11) is 0. The molecule has 2 rings (SSSR count). The maximum absolute atomic E-state index is 11.6. The lowest BCUT2D eigenvalue weighted by atomic mass is 10.3. The first-order valence-corrected chi connectivity index (χ1v) is 7.97. The summed E-state index contributed by atoms with van der Waals surface area (Å²) in [5.74, 6) is 1.25. The number of hydrogen-bond acceptors (Lipinski definition) is 6. The predicted molar refractivity (Wildman–Crippen MR) is 91.7 cm³/mol. The summed E-state index contributed by atoms with van der Waals surface area (Å²) in [6.07, 6.45) is -1.89. The second-order valence-corrected chi connectivity index (χ2v) is 5.41. The van der Waals surface area contributed by atoms with E-state index in [1.165, 1.54) is 0 Å². The summed E-state index contributed by atoms with van der Waals surface area (Å²) in [6.45, 7) is -0.333. The van der Waals surface area contributed by atoms with Crippen LogP contribution in [0.5, 0.6) is 11.5 Å². The number of aliphatic hydroxyl groups is 2. The van der Waals surface area contributed by atoms with Crippen molar-refractivity contribution < 1.29 is 24.5 Å². The smallest absolute Gasteiger partial charge is 0.209 e. The number of rotatable bonds is 10. The van der Waals surface area contributed by atoms with E-state index >= 15 is 0 Å². The number of hydroxylamine groups is 1. The molecule has 25 heavy (non-hydrogen) atoms. The Hall–Kier alpha value is -2.64. The number of azo groups is 1. The van der Waals surface area contributed by atoms with Gasteiger partial charge in [0.2, 0.25) is 6.54 Å². The van der Waals surface area contributed by atoms with E-state index in [1.54, 1.807) is 24.3 Å². The fourth-order valence-electron chi connectivity index (χ4n) is 1.95. The highest BCUT2D eigenvalue weighted by Gasteiger charge is 2.13. The molecule has 0 saturated carbocycles. The molecule has 0 fully saturated rings. The maximum atomic E-state index is 11.6. The second kappa shape index (κ2) is 10.3. The Morgan fingerprint density at radius 2 is 1.32 bits per heavy atom. The third kappa shape index (κ3) is 7.65. The van der Waals surface area contributed by atoms with Crippen LogP contribution in [-0.2, 0) is 0 Å². The minimum atomic E-state index is -0.987. The van der Waals surface area contributed by atoms with Gasteiger partial charge in [-0.3, -0.25) is 0 Å². The molecule has 0 bridgehead atoms. The van der Waals surface area contributed by atoms with Gasteiger partial charge in [-0.1, -0.05) is 41.3 Å². The van der Waals surface area contributed by atoms with Crippen molar-refractivity contribution in [3.8, 4) is 11.5 Å². The number of aliphatic hydroxyl groups excluding tert-OH is 2. The number of para-hydroxylation sites is 2. The van der Waals surface area contributed by atoms with Crippen LogP contribution < -0.4 is 9.47 Å². The Kier molecular flexibility index (Phi) is 7.68. The Morgan fingerprint density at radius 3 is 1.84 bits per heavy atom. The van der Waals surface area contributed by atoms with Gasteiger partial charge in [-0.2, -0.15) is 0 Å². The van der Waals surface area contributed by atoms with Crippen LogP contribution >= 0.6 is 0 Å². The lowest BCUT2D eigenvalue weighted by molar-refractivity contribution is -0.540. The van der Waals surface area contributed by atoms with Crippen molar-refractivity contribution >= 4 is 0 Å². The third-order valence-corrected chi connectivity index (χ3v) is 3.19. The molecule has 0 aliphatic rings. The topological polar surface area (TPSA) is 97.4 Å². The van der Waals surface area contributed by atoms with Gasteiger partial charge in [0.1, 0.15) is 43.5 Å². The van der Waals surface area contributed by atoms with Crippen LogP contribution in [-0.4, -0.2) is 53.6 Å². The van der Waals surface area contributed by atoms with Crippen molar-refractivity contribution in [3.63, 3.8) is 0 Å². The van der Waals surface area contributed by atoms with Crippen LogP contribution in [0.15, 0.2) is 65.8 Å². The third-order valence-electron chi connectivity index (χ3n) is 3.19. The van der Waals surface area contributed by atoms with Crippen molar-refractivity contribution in [3.05, 3.63) is 65.9 Å². The van der Waals surface area contributed by atoms with Gasteiger partial charge in [0, 0.05) is 0 Å². The zero-order valence-corrected chi connectivity index (χ0v) is 13.8. The highest BCUT2D eigenvalue weighted by atomic mass is 16.5. The van der Waals surface area contributed by atoms with Crippen molar-refractivity contribution in [2.24, 2.45) is 5.11 Å². The lowest BCUT2D eigenvalue weighted by Crippen LogP contribution is -2.28. The van der Waals surface area contributed by atoms with Gasteiger partial charge in [-0.05, 0) is 29.4 Å². The quantitative estimate of drug-likeness (QED) is 0.389. The van der Waals surface area contributed by atoms with Gasteiger partial charge in [-0.15, -0.1) is 0 Å². The molecule has 0 heterocycles. The van der Waals surface area contributed by atoms with Crippen LogP contribution in [0.1, 0.15) is 0 Å². The van der Waals surface area contributed by atoms with E-state index in [0.29, 0.717) is 16.4 Å². The first-order chi connectivity index (χ1) is 12.1. The Labute approximate surface area is 146 Å². The summed E-state index contributed by atoms with van der Waals surface area (Å²) >= 11 is 0. The molecule has 0 aliphatic carbocycles. The molecule has 0 radical (unpaired) electrons.